The molecule has 0 saturated heterocycles. The molecule has 0 aliphatic rings. The van der Waals surface area contributed by atoms with Gasteiger partial charge in [0.05, 0.1) is 15.7 Å². The number of rotatable bonds is 3. The SMILES string of the molecule is Brc1ccc(NCc2cc(Br)c(Br)s2)cn1. The summed E-state index contributed by atoms with van der Waals surface area (Å²) < 4.78 is 3.07. The van der Waals surface area contributed by atoms with Crippen molar-refractivity contribution >= 4 is 64.8 Å². The van der Waals surface area contributed by atoms with Gasteiger partial charge in [0.1, 0.15) is 4.60 Å². The van der Waals surface area contributed by atoms with Crippen LogP contribution in [0.2, 0.25) is 0 Å². The minimum absolute atomic E-state index is 0.804. The molecule has 2 rings (SSSR count). The first kappa shape index (κ1) is 12.5. The molecule has 0 aliphatic carbocycles. The van der Waals surface area contributed by atoms with Crippen LogP contribution in [0.5, 0.6) is 0 Å². The average molecular weight is 427 g/mol. The van der Waals surface area contributed by atoms with Crippen LogP contribution in [0.4, 0.5) is 5.69 Å². The Bertz CT molecular complexity index is 462. The van der Waals surface area contributed by atoms with E-state index in [-0.39, 0.29) is 0 Å². The monoisotopic (exact) mass is 424 g/mol. The highest BCUT2D eigenvalue weighted by molar-refractivity contribution is 9.13. The number of nitrogens with one attached hydrogen (secondary N) is 1. The second kappa shape index (κ2) is 5.62. The molecule has 0 bridgehead atoms. The van der Waals surface area contributed by atoms with Gasteiger partial charge in [0, 0.05) is 15.9 Å². The van der Waals surface area contributed by atoms with Crippen molar-refractivity contribution < 1.29 is 0 Å². The van der Waals surface area contributed by atoms with Crippen LogP contribution in [-0.2, 0) is 6.54 Å². The highest BCUT2D eigenvalue weighted by Gasteiger charge is 2.03. The van der Waals surface area contributed by atoms with E-state index in [1.807, 2.05) is 18.3 Å². The molecular weight excluding hydrogens is 420 g/mol. The molecule has 2 heterocycles. The molecule has 1 N–H and O–H groups in total. The minimum Gasteiger partial charge on any atom is -0.379 e. The first-order chi connectivity index (χ1) is 7.65. The smallest absolute Gasteiger partial charge is 0.106 e. The predicted octanol–water partition coefficient (Wildman–Crippen LogP) is 5.04. The summed E-state index contributed by atoms with van der Waals surface area (Å²) in [5.74, 6) is 0. The maximum absolute atomic E-state index is 4.15. The summed E-state index contributed by atoms with van der Waals surface area (Å²) in [4.78, 5) is 5.42. The topological polar surface area (TPSA) is 24.9 Å². The van der Waals surface area contributed by atoms with Gasteiger partial charge in [-0.1, -0.05) is 0 Å². The third-order valence-corrected chi connectivity index (χ3v) is 5.62. The number of halogens is 3. The molecule has 0 radical (unpaired) electrons. The maximum Gasteiger partial charge on any atom is 0.106 e. The number of aromatic nitrogens is 1. The van der Waals surface area contributed by atoms with E-state index in [9.17, 15) is 0 Å². The second-order valence-corrected chi connectivity index (χ2v) is 7.18. The van der Waals surface area contributed by atoms with Crippen molar-refractivity contribution in [3.05, 3.63) is 42.1 Å². The fraction of sp³-hybridized carbons (Fsp3) is 0.100. The van der Waals surface area contributed by atoms with Crippen LogP contribution in [0.3, 0.4) is 0 Å². The molecule has 84 valence electrons. The number of thiophene rings is 1. The van der Waals surface area contributed by atoms with Crippen LogP contribution in [0.15, 0.2) is 37.3 Å². The molecule has 2 aromatic heterocycles. The van der Waals surface area contributed by atoms with Crippen LogP contribution < -0.4 is 5.32 Å². The summed E-state index contributed by atoms with van der Waals surface area (Å²) in [5.41, 5.74) is 1.02. The molecular formula is C10H7Br3N2S. The van der Waals surface area contributed by atoms with E-state index < -0.39 is 0 Å². The normalized spacial score (nSPS) is 10.4. The predicted molar refractivity (Wildman–Crippen MR) is 79.0 cm³/mol. The van der Waals surface area contributed by atoms with E-state index >= 15 is 0 Å². The molecule has 0 fully saturated rings. The molecule has 16 heavy (non-hydrogen) atoms. The van der Waals surface area contributed by atoms with Gasteiger partial charge in [0.25, 0.3) is 0 Å². The van der Waals surface area contributed by atoms with E-state index in [0.29, 0.717) is 0 Å². The summed E-state index contributed by atoms with van der Waals surface area (Å²) in [6.45, 7) is 0.804. The van der Waals surface area contributed by atoms with E-state index in [1.54, 1.807) is 11.3 Å². The Hall–Kier alpha value is 0.0900. The zero-order chi connectivity index (χ0) is 11.5. The van der Waals surface area contributed by atoms with Crippen LogP contribution in [0, 0.1) is 0 Å². The molecule has 0 saturated carbocycles. The molecule has 0 amide bonds. The standard InChI is InChI=1S/C10H7Br3N2S/c11-8-3-7(16-10(8)13)5-14-6-1-2-9(12)15-4-6/h1-4,14H,5H2. The lowest BCUT2D eigenvalue weighted by atomic mass is 10.4. The number of anilines is 1. The van der Waals surface area contributed by atoms with E-state index in [1.165, 1.54) is 4.88 Å². The number of hydrogen-bond donors (Lipinski definition) is 1. The van der Waals surface area contributed by atoms with Crippen molar-refractivity contribution in [2.75, 3.05) is 5.32 Å². The first-order valence-electron chi connectivity index (χ1n) is 4.44. The third-order valence-electron chi connectivity index (χ3n) is 1.89. The first-order valence-corrected chi connectivity index (χ1v) is 7.64. The molecule has 0 aliphatic heterocycles. The summed E-state index contributed by atoms with van der Waals surface area (Å²) >= 11 is 12.0. The quantitative estimate of drug-likeness (QED) is 0.695. The Kier molecular flexibility index (Phi) is 4.41. The number of nitrogens with zero attached hydrogens (tertiary/aromatic N) is 1. The summed E-state index contributed by atoms with van der Waals surface area (Å²) in [6, 6.07) is 6.02. The van der Waals surface area contributed by atoms with Crippen LogP contribution >= 0.6 is 59.1 Å². The van der Waals surface area contributed by atoms with Gasteiger partial charge in [-0.15, -0.1) is 11.3 Å². The van der Waals surface area contributed by atoms with Crippen molar-refractivity contribution in [3.8, 4) is 0 Å². The van der Waals surface area contributed by atoms with Crippen LogP contribution in [0.25, 0.3) is 0 Å². The maximum atomic E-state index is 4.15. The van der Waals surface area contributed by atoms with Gasteiger partial charge < -0.3 is 5.32 Å². The van der Waals surface area contributed by atoms with E-state index in [0.717, 1.165) is 25.1 Å². The highest BCUT2D eigenvalue weighted by Crippen LogP contribution is 2.32. The van der Waals surface area contributed by atoms with Gasteiger partial charge in [-0.25, -0.2) is 4.98 Å². The molecule has 2 aromatic rings. The molecule has 0 spiro atoms. The minimum atomic E-state index is 0.804. The molecule has 0 atom stereocenters. The second-order valence-electron chi connectivity index (χ2n) is 3.06. The highest BCUT2D eigenvalue weighted by atomic mass is 79.9. The lowest BCUT2D eigenvalue weighted by Gasteiger charge is -2.03. The van der Waals surface area contributed by atoms with E-state index in [2.05, 4.69) is 64.2 Å². The van der Waals surface area contributed by atoms with Gasteiger partial charge in [0.2, 0.25) is 0 Å². The van der Waals surface area contributed by atoms with Crippen molar-refractivity contribution in [2.45, 2.75) is 6.54 Å². The van der Waals surface area contributed by atoms with Gasteiger partial charge in [-0.05, 0) is 66.0 Å². The van der Waals surface area contributed by atoms with Crippen molar-refractivity contribution in [2.24, 2.45) is 0 Å². The Morgan fingerprint density at radius 1 is 1.25 bits per heavy atom. The van der Waals surface area contributed by atoms with Crippen molar-refractivity contribution in [1.29, 1.82) is 0 Å². The number of pyridine rings is 1. The fourth-order valence-electron chi connectivity index (χ4n) is 1.15. The van der Waals surface area contributed by atoms with Crippen LogP contribution in [0.1, 0.15) is 4.88 Å². The Morgan fingerprint density at radius 3 is 2.62 bits per heavy atom. The van der Waals surface area contributed by atoms with Crippen LogP contribution in [-0.4, -0.2) is 4.98 Å². The fourth-order valence-corrected chi connectivity index (χ4v) is 3.50. The van der Waals surface area contributed by atoms with E-state index in [4.69, 9.17) is 0 Å². The molecule has 0 aromatic carbocycles. The summed E-state index contributed by atoms with van der Waals surface area (Å²) in [5, 5.41) is 3.31. The summed E-state index contributed by atoms with van der Waals surface area (Å²) in [6.07, 6.45) is 1.81. The zero-order valence-electron chi connectivity index (χ0n) is 8.01. The lowest BCUT2D eigenvalue weighted by molar-refractivity contribution is 1.16. The molecule has 6 heteroatoms. The Morgan fingerprint density at radius 2 is 2.06 bits per heavy atom. The van der Waals surface area contributed by atoms with Gasteiger partial charge in [-0.3, -0.25) is 0 Å². The Labute approximate surface area is 123 Å². The summed E-state index contributed by atoms with van der Waals surface area (Å²) in [7, 11) is 0. The van der Waals surface area contributed by atoms with Gasteiger partial charge >= 0.3 is 0 Å². The average Bonchev–Trinajstić information content (AvgIpc) is 2.58. The largest absolute Gasteiger partial charge is 0.379 e. The third kappa shape index (κ3) is 3.29. The van der Waals surface area contributed by atoms with Crippen molar-refractivity contribution in [3.63, 3.8) is 0 Å². The number of hydrogen-bond acceptors (Lipinski definition) is 3. The Balaban J connectivity index is 1.99. The molecule has 0 unspecified atom stereocenters. The lowest BCUT2D eigenvalue weighted by Crippen LogP contribution is -1.97. The van der Waals surface area contributed by atoms with Gasteiger partial charge in [0.15, 0.2) is 0 Å². The molecule has 2 nitrogen and oxygen atoms in total. The van der Waals surface area contributed by atoms with Gasteiger partial charge in [-0.2, -0.15) is 0 Å². The zero-order valence-corrected chi connectivity index (χ0v) is 13.6. The van der Waals surface area contributed by atoms with Crippen molar-refractivity contribution in [1.82, 2.24) is 4.98 Å².